The van der Waals surface area contributed by atoms with Crippen molar-refractivity contribution in [1.82, 2.24) is 0 Å². The number of aliphatic hydroxyl groups excluding tert-OH is 2. The van der Waals surface area contributed by atoms with Crippen LogP contribution < -0.4 is 0 Å². The summed E-state index contributed by atoms with van der Waals surface area (Å²) in [4.78, 5) is 38.9. The fraction of sp³-hybridized carbons (Fsp3) is 0.581. The summed E-state index contributed by atoms with van der Waals surface area (Å²) in [7, 11) is 0. The first-order valence-electron chi connectivity index (χ1n) is 13.6. The zero-order valence-corrected chi connectivity index (χ0v) is 23.1. The third kappa shape index (κ3) is 3.03. The summed E-state index contributed by atoms with van der Waals surface area (Å²) in [6, 6.07) is 9.28. The van der Waals surface area contributed by atoms with Crippen LogP contribution in [0, 0.1) is 27.6 Å². The standard InChI is InChI=1S/C31H38O8/c1-17-21(33)16-29(37)26(36)31-18(2)22(39-23(34)13-12-20-10-8-7-9-11-20)14-15-28(31,6)24(35)25(38-19(3)32)30(17,31)27(29,4)5/h7-13,17,22,24-26,35-37H,2,14-16H2,1,3-6H3. The molecule has 5 rings (SSSR count). The van der Waals surface area contributed by atoms with Gasteiger partial charge in [0.15, 0.2) is 0 Å². The molecule has 0 heterocycles. The lowest BCUT2D eigenvalue weighted by Crippen LogP contribution is -2.65. The number of carbonyl (C=O) groups excluding carboxylic acids is 3. The SMILES string of the molecule is C=C1C(OC(=O)C=Cc2ccccc2)CCC2(C)C(O)C(OC(C)=O)C34C(C)C(=O)CC(O)(C(O)C123)C4(C)C. The normalized spacial score (nSPS) is 44.2. The van der Waals surface area contributed by atoms with Crippen molar-refractivity contribution in [2.75, 3.05) is 0 Å². The third-order valence-electron chi connectivity index (χ3n) is 11.1. The van der Waals surface area contributed by atoms with Gasteiger partial charge < -0.3 is 24.8 Å². The molecule has 3 N–H and O–H groups in total. The van der Waals surface area contributed by atoms with Crippen molar-refractivity contribution in [2.45, 2.75) is 83.9 Å². The quantitative estimate of drug-likeness (QED) is 0.303. The number of ether oxygens (including phenoxy) is 2. The summed E-state index contributed by atoms with van der Waals surface area (Å²) in [6.07, 6.45) is -1.62. The van der Waals surface area contributed by atoms with Crippen molar-refractivity contribution in [3.05, 3.63) is 54.1 Å². The second-order valence-electron chi connectivity index (χ2n) is 12.6. The number of rotatable bonds is 4. The van der Waals surface area contributed by atoms with Crippen LogP contribution in [0.1, 0.15) is 59.4 Å². The largest absolute Gasteiger partial charge is 0.459 e. The number of Topliss-reactive ketones (excluding diaryl/α,β-unsaturated/α-hetero) is 1. The summed E-state index contributed by atoms with van der Waals surface area (Å²) in [6.45, 7) is 12.6. The molecule has 1 aromatic rings. The number of fused-ring (bicyclic) bond motifs is 1. The van der Waals surface area contributed by atoms with Crippen LogP contribution in [0.4, 0.5) is 0 Å². The minimum Gasteiger partial charge on any atom is -0.459 e. The average molecular weight is 539 g/mol. The van der Waals surface area contributed by atoms with Gasteiger partial charge in [-0.15, -0.1) is 0 Å². The molecular formula is C31H38O8. The predicted octanol–water partition coefficient (Wildman–Crippen LogP) is 2.99. The zero-order chi connectivity index (χ0) is 28.8. The molecule has 0 saturated heterocycles. The second-order valence-corrected chi connectivity index (χ2v) is 12.6. The summed E-state index contributed by atoms with van der Waals surface area (Å²) >= 11 is 0. The molecule has 210 valence electrons. The van der Waals surface area contributed by atoms with Crippen LogP contribution in [-0.4, -0.2) is 63.1 Å². The minimum absolute atomic E-state index is 0.275. The molecule has 9 unspecified atom stereocenters. The topological polar surface area (TPSA) is 130 Å². The molecule has 4 aliphatic rings. The van der Waals surface area contributed by atoms with Crippen molar-refractivity contribution >= 4 is 23.8 Å². The van der Waals surface area contributed by atoms with Crippen LogP contribution in [0.3, 0.4) is 0 Å². The summed E-state index contributed by atoms with van der Waals surface area (Å²) in [5.41, 5.74) is -6.02. The Kier molecular flexibility index (Phi) is 6.11. The molecule has 9 atom stereocenters. The van der Waals surface area contributed by atoms with Crippen LogP contribution in [0.2, 0.25) is 0 Å². The Labute approximate surface area is 228 Å². The summed E-state index contributed by atoms with van der Waals surface area (Å²) < 4.78 is 11.7. The molecule has 8 heteroatoms. The summed E-state index contributed by atoms with van der Waals surface area (Å²) in [5, 5.41) is 36.2. The number of hydrogen-bond donors (Lipinski definition) is 3. The van der Waals surface area contributed by atoms with Gasteiger partial charge in [-0.3, -0.25) is 9.59 Å². The molecule has 1 aromatic carbocycles. The van der Waals surface area contributed by atoms with E-state index in [0.717, 1.165) is 5.56 Å². The summed E-state index contributed by atoms with van der Waals surface area (Å²) in [5.74, 6) is -2.35. The van der Waals surface area contributed by atoms with Gasteiger partial charge in [-0.2, -0.15) is 0 Å². The molecule has 4 saturated carbocycles. The molecule has 4 fully saturated rings. The highest BCUT2D eigenvalue weighted by molar-refractivity contribution is 5.88. The third-order valence-corrected chi connectivity index (χ3v) is 11.1. The van der Waals surface area contributed by atoms with E-state index in [-0.39, 0.29) is 18.6 Å². The Hall–Kier alpha value is -2.81. The first-order chi connectivity index (χ1) is 18.1. The molecular weight excluding hydrogens is 500 g/mol. The molecule has 2 spiro atoms. The second kappa shape index (κ2) is 8.59. The molecule has 8 nitrogen and oxygen atoms in total. The fourth-order valence-corrected chi connectivity index (χ4v) is 9.46. The predicted molar refractivity (Wildman–Crippen MR) is 142 cm³/mol. The van der Waals surface area contributed by atoms with Crippen LogP contribution in [0.5, 0.6) is 0 Å². The lowest BCUT2D eigenvalue weighted by atomic mass is 9.42. The molecule has 39 heavy (non-hydrogen) atoms. The highest BCUT2D eigenvalue weighted by Crippen LogP contribution is 2.86. The van der Waals surface area contributed by atoms with Gasteiger partial charge in [0.05, 0.1) is 12.2 Å². The van der Waals surface area contributed by atoms with Crippen LogP contribution in [0.25, 0.3) is 6.08 Å². The molecule has 0 aromatic heterocycles. The van der Waals surface area contributed by atoms with E-state index in [1.165, 1.54) is 13.0 Å². The number of carbonyl (C=O) groups is 3. The van der Waals surface area contributed by atoms with E-state index in [2.05, 4.69) is 6.58 Å². The van der Waals surface area contributed by atoms with Gasteiger partial charge in [-0.25, -0.2) is 4.79 Å². The van der Waals surface area contributed by atoms with E-state index in [4.69, 9.17) is 9.47 Å². The Morgan fingerprint density at radius 3 is 2.36 bits per heavy atom. The number of benzene rings is 1. The number of ketones is 1. The average Bonchev–Trinajstić information content (AvgIpc) is 3.09. The fourth-order valence-electron chi connectivity index (χ4n) is 9.46. The smallest absolute Gasteiger partial charge is 0.331 e. The van der Waals surface area contributed by atoms with Crippen LogP contribution in [0.15, 0.2) is 48.6 Å². The van der Waals surface area contributed by atoms with Crippen molar-refractivity contribution in [1.29, 1.82) is 0 Å². The van der Waals surface area contributed by atoms with Gasteiger partial charge in [0.2, 0.25) is 0 Å². The Balaban J connectivity index is 1.66. The van der Waals surface area contributed by atoms with E-state index in [1.807, 2.05) is 30.3 Å². The Bertz CT molecular complexity index is 1270. The van der Waals surface area contributed by atoms with E-state index in [1.54, 1.807) is 33.8 Å². The van der Waals surface area contributed by atoms with E-state index < -0.39 is 69.5 Å². The van der Waals surface area contributed by atoms with Crippen molar-refractivity contribution in [3.8, 4) is 0 Å². The van der Waals surface area contributed by atoms with Crippen molar-refractivity contribution in [2.24, 2.45) is 27.6 Å². The molecule has 0 aliphatic heterocycles. The van der Waals surface area contributed by atoms with Gasteiger partial charge >= 0.3 is 11.9 Å². The van der Waals surface area contributed by atoms with Crippen LogP contribution in [-0.2, 0) is 23.9 Å². The van der Waals surface area contributed by atoms with Gasteiger partial charge in [0.1, 0.15) is 23.6 Å². The van der Waals surface area contributed by atoms with E-state index in [0.29, 0.717) is 12.0 Å². The van der Waals surface area contributed by atoms with Crippen LogP contribution >= 0.6 is 0 Å². The van der Waals surface area contributed by atoms with Gasteiger partial charge in [-0.1, -0.05) is 64.6 Å². The molecule has 0 radical (unpaired) electrons. The van der Waals surface area contributed by atoms with Gasteiger partial charge in [0.25, 0.3) is 0 Å². The number of esters is 2. The molecule has 0 amide bonds. The van der Waals surface area contributed by atoms with Crippen molar-refractivity contribution in [3.63, 3.8) is 0 Å². The number of hydrogen-bond acceptors (Lipinski definition) is 8. The maximum Gasteiger partial charge on any atom is 0.331 e. The Morgan fingerprint density at radius 2 is 1.74 bits per heavy atom. The van der Waals surface area contributed by atoms with E-state index in [9.17, 15) is 29.7 Å². The lowest BCUT2D eigenvalue weighted by molar-refractivity contribution is -0.213. The zero-order valence-electron chi connectivity index (χ0n) is 23.1. The van der Waals surface area contributed by atoms with Gasteiger partial charge in [0, 0.05) is 47.0 Å². The monoisotopic (exact) mass is 538 g/mol. The lowest BCUT2D eigenvalue weighted by Gasteiger charge is -2.60. The van der Waals surface area contributed by atoms with Crippen molar-refractivity contribution < 1.29 is 39.2 Å². The number of aliphatic hydroxyl groups is 3. The molecule has 4 aliphatic carbocycles. The maximum absolute atomic E-state index is 13.5. The van der Waals surface area contributed by atoms with Gasteiger partial charge in [-0.05, 0) is 30.1 Å². The van der Waals surface area contributed by atoms with E-state index >= 15 is 0 Å². The molecule has 2 bridgehead atoms. The maximum atomic E-state index is 13.5. The highest BCUT2D eigenvalue weighted by atomic mass is 16.6. The minimum atomic E-state index is -1.89. The first-order valence-corrected chi connectivity index (χ1v) is 13.6. The highest BCUT2D eigenvalue weighted by Gasteiger charge is 2.94. The Morgan fingerprint density at radius 1 is 1.10 bits per heavy atom. The first kappa shape index (κ1) is 27.7.